The van der Waals surface area contributed by atoms with Crippen molar-refractivity contribution in [3.8, 4) is 0 Å². The number of imidazole rings is 1. The summed E-state index contributed by atoms with van der Waals surface area (Å²) in [6.07, 6.45) is 3.64. The molecule has 23 heavy (non-hydrogen) atoms. The molecule has 1 atom stereocenters. The number of amides is 1. The lowest BCUT2D eigenvalue weighted by molar-refractivity contribution is -0.121. The quantitative estimate of drug-likeness (QED) is 0.815. The first-order chi connectivity index (χ1) is 11.0. The summed E-state index contributed by atoms with van der Waals surface area (Å²) in [6.45, 7) is 2.65. The van der Waals surface area contributed by atoms with E-state index in [0.717, 1.165) is 5.82 Å². The van der Waals surface area contributed by atoms with E-state index >= 15 is 0 Å². The Morgan fingerprint density at radius 3 is 2.96 bits per heavy atom. The lowest BCUT2D eigenvalue weighted by atomic mass is 10.1. The minimum absolute atomic E-state index is 0.000203. The van der Waals surface area contributed by atoms with Gasteiger partial charge in [0.2, 0.25) is 5.91 Å². The molecule has 0 aliphatic carbocycles. The Labute approximate surface area is 139 Å². The van der Waals surface area contributed by atoms with Crippen molar-refractivity contribution in [3.63, 3.8) is 0 Å². The molecule has 1 unspecified atom stereocenters. The highest BCUT2D eigenvalue weighted by atomic mass is 35.5. The number of aromatic nitrogens is 2. The van der Waals surface area contributed by atoms with Crippen LogP contribution in [0.2, 0.25) is 5.02 Å². The summed E-state index contributed by atoms with van der Waals surface area (Å²) in [5.41, 5.74) is 0.376. The molecule has 2 rings (SSSR count). The molecule has 0 aliphatic heterocycles. The van der Waals surface area contributed by atoms with E-state index in [1.54, 1.807) is 6.20 Å². The van der Waals surface area contributed by atoms with E-state index < -0.39 is 11.9 Å². The fourth-order valence-corrected chi connectivity index (χ4v) is 2.30. The highest BCUT2D eigenvalue weighted by Crippen LogP contribution is 2.19. The predicted octanol–water partition coefficient (Wildman–Crippen LogP) is 2.61. The third kappa shape index (κ3) is 5.04. The monoisotopic (exact) mass is 339 g/mol. The average molecular weight is 340 g/mol. The van der Waals surface area contributed by atoms with Gasteiger partial charge in [-0.15, -0.1) is 0 Å². The lowest BCUT2D eigenvalue weighted by Gasteiger charge is -2.13. The molecule has 5 nitrogen and oxygen atoms in total. The number of aliphatic hydroxyl groups is 1. The molecular formula is C16H19ClFN3O2. The van der Waals surface area contributed by atoms with Crippen molar-refractivity contribution in [3.05, 3.63) is 52.8 Å². The number of nitrogens with zero attached hydrogens (tertiary/aromatic N) is 2. The summed E-state index contributed by atoms with van der Waals surface area (Å²) in [5.74, 6) is 0.159. The Morgan fingerprint density at radius 1 is 1.52 bits per heavy atom. The number of aliphatic hydroxyl groups excluding tert-OH is 1. The molecule has 2 aromatic rings. The number of aryl methyl sites for hydroxylation is 2. The number of hydrogen-bond acceptors (Lipinski definition) is 3. The van der Waals surface area contributed by atoms with Gasteiger partial charge in [0.25, 0.3) is 0 Å². The van der Waals surface area contributed by atoms with E-state index in [9.17, 15) is 14.3 Å². The number of carbonyl (C=O) groups excluding carboxylic acids is 1. The van der Waals surface area contributed by atoms with Gasteiger partial charge in [0.05, 0.1) is 11.1 Å². The number of carbonyl (C=O) groups is 1. The van der Waals surface area contributed by atoms with Crippen LogP contribution >= 0.6 is 11.6 Å². The van der Waals surface area contributed by atoms with Gasteiger partial charge in [0.15, 0.2) is 0 Å². The second-order valence-electron chi connectivity index (χ2n) is 5.26. The van der Waals surface area contributed by atoms with Crippen LogP contribution in [0.15, 0.2) is 30.6 Å². The molecule has 1 heterocycles. The van der Waals surface area contributed by atoms with Crippen LogP contribution in [-0.2, 0) is 11.3 Å². The topological polar surface area (TPSA) is 67.2 Å². The third-order valence-corrected chi connectivity index (χ3v) is 3.85. The molecule has 1 aromatic heterocycles. The Morgan fingerprint density at radius 2 is 2.30 bits per heavy atom. The van der Waals surface area contributed by atoms with Gasteiger partial charge in [-0.3, -0.25) is 4.79 Å². The molecule has 0 saturated carbocycles. The van der Waals surface area contributed by atoms with Crippen LogP contribution in [0.4, 0.5) is 4.39 Å². The first kappa shape index (κ1) is 17.4. The van der Waals surface area contributed by atoms with Gasteiger partial charge >= 0.3 is 0 Å². The predicted molar refractivity (Wildman–Crippen MR) is 85.6 cm³/mol. The van der Waals surface area contributed by atoms with Crippen molar-refractivity contribution in [1.29, 1.82) is 0 Å². The fraction of sp³-hybridized carbons (Fsp3) is 0.375. The SMILES string of the molecule is Cc1nccn1CCCC(=O)NCC(O)c1ccc(Cl)c(F)c1. The molecule has 0 aliphatic rings. The molecule has 0 spiro atoms. The maximum absolute atomic E-state index is 13.3. The number of halogens is 2. The summed E-state index contributed by atoms with van der Waals surface area (Å²) in [5, 5.41) is 12.6. The van der Waals surface area contributed by atoms with Gasteiger partial charge in [-0.2, -0.15) is 0 Å². The van der Waals surface area contributed by atoms with Crippen molar-refractivity contribution < 1.29 is 14.3 Å². The summed E-state index contributed by atoms with van der Waals surface area (Å²) >= 11 is 5.59. The normalized spacial score (nSPS) is 12.2. The highest BCUT2D eigenvalue weighted by Gasteiger charge is 2.11. The Bertz CT molecular complexity index is 675. The van der Waals surface area contributed by atoms with Gasteiger partial charge in [-0.05, 0) is 31.0 Å². The molecular weight excluding hydrogens is 321 g/mol. The van der Waals surface area contributed by atoms with Crippen LogP contribution < -0.4 is 5.32 Å². The van der Waals surface area contributed by atoms with E-state index in [1.807, 2.05) is 17.7 Å². The molecule has 1 aromatic carbocycles. The van der Waals surface area contributed by atoms with Gasteiger partial charge < -0.3 is 15.0 Å². The first-order valence-corrected chi connectivity index (χ1v) is 7.72. The van der Waals surface area contributed by atoms with Gasteiger partial charge in [-0.25, -0.2) is 9.37 Å². The van der Waals surface area contributed by atoms with Gasteiger partial charge in [0.1, 0.15) is 11.6 Å². The zero-order valence-electron chi connectivity index (χ0n) is 12.8. The second kappa shape index (κ2) is 8.08. The molecule has 7 heteroatoms. The molecule has 124 valence electrons. The van der Waals surface area contributed by atoms with Crippen molar-refractivity contribution in [1.82, 2.24) is 14.9 Å². The molecule has 0 bridgehead atoms. The van der Waals surface area contributed by atoms with E-state index in [4.69, 9.17) is 11.6 Å². The molecule has 1 amide bonds. The zero-order chi connectivity index (χ0) is 16.8. The Hall–Kier alpha value is -1.92. The average Bonchev–Trinajstić information content (AvgIpc) is 2.93. The van der Waals surface area contributed by atoms with Crippen molar-refractivity contribution in [2.45, 2.75) is 32.4 Å². The third-order valence-electron chi connectivity index (χ3n) is 3.55. The smallest absolute Gasteiger partial charge is 0.220 e. The van der Waals surface area contributed by atoms with Crippen LogP contribution in [0, 0.1) is 12.7 Å². The van der Waals surface area contributed by atoms with Crippen LogP contribution in [0.1, 0.15) is 30.3 Å². The number of benzene rings is 1. The number of nitrogens with one attached hydrogen (secondary N) is 1. The summed E-state index contributed by atoms with van der Waals surface area (Å²) in [4.78, 5) is 15.9. The van der Waals surface area contributed by atoms with Crippen molar-refractivity contribution >= 4 is 17.5 Å². The molecule has 0 radical (unpaired) electrons. The number of rotatable bonds is 7. The minimum atomic E-state index is -0.971. The zero-order valence-corrected chi connectivity index (χ0v) is 13.6. The van der Waals surface area contributed by atoms with E-state index in [2.05, 4.69) is 10.3 Å². The van der Waals surface area contributed by atoms with Crippen LogP contribution in [0.25, 0.3) is 0 Å². The highest BCUT2D eigenvalue weighted by molar-refractivity contribution is 6.30. The fourth-order valence-electron chi connectivity index (χ4n) is 2.19. The molecule has 0 fully saturated rings. The van der Waals surface area contributed by atoms with Gasteiger partial charge in [-0.1, -0.05) is 17.7 Å². The summed E-state index contributed by atoms with van der Waals surface area (Å²) < 4.78 is 15.3. The summed E-state index contributed by atoms with van der Waals surface area (Å²) in [7, 11) is 0. The minimum Gasteiger partial charge on any atom is -0.387 e. The molecule has 0 saturated heterocycles. The molecule has 2 N–H and O–H groups in total. The van der Waals surface area contributed by atoms with Crippen LogP contribution in [0.5, 0.6) is 0 Å². The van der Waals surface area contributed by atoms with Crippen LogP contribution in [0.3, 0.4) is 0 Å². The van der Waals surface area contributed by atoms with Crippen molar-refractivity contribution in [2.75, 3.05) is 6.54 Å². The maximum Gasteiger partial charge on any atom is 0.220 e. The standard InChI is InChI=1S/C16H19ClFN3O2/c1-11-19-6-8-21(11)7-2-3-16(23)20-10-15(22)12-4-5-13(17)14(18)9-12/h4-6,8-9,15,22H,2-3,7,10H2,1H3,(H,20,23). The lowest BCUT2D eigenvalue weighted by Crippen LogP contribution is -2.28. The number of hydrogen-bond donors (Lipinski definition) is 2. The van der Waals surface area contributed by atoms with E-state index in [-0.39, 0.29) is 17.5 Å². The summed E-state index contributed by atoms with van der Waals surface area (Å²) in [6, 6.07) is 4.08. The Kier molecular flexibility index (Phi) is 6.12. The van der Waals surface area contributed by atoms with E-state index in [0.29, 0.717) is 24.9 Å². The van der Waals surface area contributed by atoms with Crippen molar-refractivity contribution in [2.24, 2.45) is 0 Å². The largest absolute Gasteiger partial charge is 0.387 e. The van der Waals surface area contributed by atoms with E-state index in [1.165, 1.54) is 18.2 Å². The van der Waals surface area contributed by atoms with Crippen LogP contribution in [-0.4, -0.2) is 27.1 Å². The second-order valence-corrected chi connectivity index (χ2v) is 5.67. The Balaban J connectivity index is 1.73. The first-order valence-electron chi connectivity index (χ1n) is 7.35. The van der Waals surface area contributed by atoms with Gasteiger partial charge in [0, 0.05) is 31.9 Å². The maximum atomic E-state index is 13.3.